The summed E-state index contributed by atoms with van der Waals surface area (Å²) < 4.78 is 36.3. The third kappa shape index (κ3) is 5.22. The van der Waals surface area contributed by atoms with Gasteiger partial charge in [-0.2, -0.15) is 0 Å². The first-order valence-electron chi connectivity index (χ1n) is 14.6. The predicted octanol–water partition coefficient (Wildman–Crippen LogP) is 6.31. The molecule has 2 fully saturated rings. The number of fused-ring (bicyclic) bond motifs is 1. The van der Waals surface area contributed by atoms with Crippen molar-refractivity contribution in [1.29, 1.82) is 0 Å². The Kier molecular flexibility index (Phi) is 6.93. The van der Waals surface area contributed by atoms with Crippen LogP contribution in [0.3, 0.4) is 0 Å². The van der Waals surface area contributed by atoms with E-state index in [1.165, 1.54) is 16.8 Å². The van der Waals surface area contributed by atoms with Crippen molar-refractivity contribution in [3.8, 4) is 22.9 Å². The predicted molar refractivity (Wildman–Crippen MR) is 163 cm³/mol. The lowest BCUT2D eigenvalue weighted by Gasteiger charge is -2.14. The van der Waals surface area contributed by atoms with Gasteiger partial charge in [-0.05, 0) is 75.1 Å². The summed E-state index contributed by atoms with van der Waals surface area (Å²) >= 11 is 0. The van der Waals surface area contributed by atoms with Gasteiger partial charge in [-0.3, -0.25) is 19.3 Å². The SMILES string of the molecule is Cc1c(C(=O)Nc2ccc(Oc3ccnc4cc(OC[C@@H]5CCC6(CC6)O5)ccc34)c(F)c2)c(=O)n(-c2ccccc2)n1C. The lowest BCUT2D eigenvalue weighted by Crippen LogP contribution is -2.25. The Hall–Kier alpha value is -4.96. The minimum atomic E-state index is -0.677. The molecule has 7 rings (SSSR count). The van der Waals surface area contributed by atoms with Gasteiger partial charge in [0.15, 0.2) is 11.6 Å². The largest absolute Gasteiger partial charge is 0.491 e. The zero-order valence-electron chi connectivity index (χ0n) is 24.4. The molecule has 10 heteroatoms. The Labute approximate surface area is 252 Å². The number of pyridine rings is 1. The highest BCUT2D eigenvalue weighted by Crippen LogP contribution is 2.49. The van der Waals surface area contributed by atoms with E-state index in [1.54, 1.807) is 43.0 Å². The molecule has 1 amide bonds. The number of carbonyl (C=O) groups is 1. The monoisotopic (exact) mass is 594 g/mol. The number of nitrogens with one attached hydrogen (secondary N) is 1. The highest BCUT2D eigenvalue weighted by Gasteiger charge is 2.49. The number of hydrogen-bond donors (Lipinski definition) is 1. The van der Waals surface area contributed by atoms with Crippen LogP contribution in [-0.4, -0.2) is 38.6 Å². The molecule has 2 aliphatic rings. The number of benzene rings is 3. The molecular formula is C34H31FN4O5. The van der Waals surface area contributed by atoms with E-state index in [9.17, 15) is 9.59 Å². The van der Waals surface area contributed by atoms with Gasteiger partial charge < -0.3 is 19.5 Å². The summed E-state index contributed by atoms with van der Waals surface area (Å²) in [6.07, 6.45) is 6.11. The van der Waals surface area contributed by atoms with Crippen molar-refractivity contribution in [2.24, 2.45) is 7.05 Å². The normalized spacial score (nSPS) is 16.8. The van der Waals surface area contributed by atoms with Gasteiger partial charge in [-0.1, -0.05) is 18.2 Å². The molecule has 44 heavy (non-hydrogen) atoms. The number of ether oxygens (including phenoxy) is 3. The Morgan fingerprint density at radius 2 is 1.89 bits per heavy atom. The molecule has 1 aliphatic heterocycles. The molecule has 3 aromatic carbocycles. The Balaban J connectivity index is 1.05. The van der Waals surface area contributed by atoms with Crippen molar-refractivity contribution in [2.45, 2.75) is 44.3 Å². The minimum absolute atomic E-state index is 0.0220. The second kappa shape index (κ2) is 10.9. The van der Waals surface area contributed by atoms with Gasteiger partial charge in [0.05, 0.1) is 28.6 Å². The van der Waals surface area contributed by atoms with Crippen LogP contribution in [0.4, 0.5) is 10.1 Å². The average molecular weight is 595 g/mol. The maximum atomic E-state index is 15.2. The van der Waals surface area contributed by atoms with Crippen molar-refractivity contribution in [3.05, 3.63) is 106 Å². The van der Waals surface area contributed by atoms with Crippen molar-refractivity contribution in [2.75, 3.05) is 11.9 Å². The van der Waals surface area contributed by atoms with Crippen LogP contribution in [-0.2, 0) is 11.8 Å². The minimum Gasteiger partial charge on any atom is -0.491 e. The molecule has 0 radical (unpaired) electrons. The Morgan fingerprint density at radius 1 is 1.07 bits per heavy atom. The summed E-state index contributed by atoms with van der Waals surface area (Å²) in [5, 5.41) is 3.34. The van der Waals surface area contributed by atoms with Crippen molar-refractivity contribution < 1.29 is 23.4 Å². The van der Waals surface area contributed by atoms with E-state index in [4.69, 9.17) is 14.2 Å². The van der Waals surface area contributed by atoms with Gasteiger partial charge in [0.1, 0.15) is 23.7 Å². The Bertz CT molecular complexity index is 1950. The number of hydrogen-bond acceptors (Lipinski definition) is 6. The van der Waals surface area contributed by atoms with E-state index in [0.29, 0.717) is 40.4 Å². The van der Waals surface area contributed by atoms with Crippen molar-refractivity contribution in [3.63, 3.8) is 0 Å². The van der Waals surface area contributed by atoms with Gasteiger partial charge in [0.25, 0.3) is 11.5 Å². The summed E-state index contributed by atoms with van der Waals surface area (Å²) in [5.41, 5.74) is 1.58. The van der Waals surface area contributed by atoms with Crippen LogP contribution in [0, 0.1) is 12.7 Å². The van der Waals surface area contributed by atoms with Crippen LogP contribution in [0.2, 0.25) is 0 Å². The van der Waals surface area contributed by atoms with E-state index < -0.39 is 17.3 Å². The van der Waals surface area contributed by atoms with Gasteiger partial charge in [0.2, 0.25) is 0 Å². The zero-order chi connectivity index (χ0) is 30.4. The maximum Gasteiger partial charge on any atom is 0.284 e. The summed E-state index contributed by atoms with van der Waals surface area (Å²) in [5.74, 6) is -0.225. The summed E-state index contributed by atoms with van der Waals surface area (Å²) in [4.78, 5) is 30.8. The van der Waals surface area contributed by atoms with Gasteiger partial charge in [0, 0.05) is 36.5 Å². The lowest BCUT2D eigenvalue weighted by molar-refractivity contribution is 0.00383. The Morgan fingerprint density at radius 3 is 2.64 bits per heavy atom. The third-order valence-electron chi connectivity index (χ3n) is 8.45. The molecule has 9 nitrogen and oxygen atoms in total. The number of halogens is 1. The topological polar surface area (TPSA) is 96.6 Å². The smallest absolute Gasteiger partial charge is 0.284 e. The fraction of sp³-hybridized carbons (Fsp3) is 0.265. The van der Waals surface area contributed by atoms with Crippen LogP contribution < -0.4 is 20.3 Å². The van der Waals surface area contributed by atoms with Gasteiger partial charge in [-0.15, -0.1) is 0 Å². The maximum absolute atomic E-state index is 15.2. The lowest BCUT2D eigenvalue weighted by atomic mass is 10.2. The number of para-hydroxylation sites is 1. The standard InChI is InChI=1S/C34H31FN4O5/c1-21-31(33(41)39(38(21)2)23-6-4-3-5-7-23)32(40)37-22-8-11-30(27(35)18-22)43-29-13-17-36-28-19-24(9-10-26(28)29)42-20-25-12-14-34(44-25)15-16-34/h3-11,13,17-19,25H,12,14-16,20H2,1-2H3,(H,37,40)/t25-/m0/s1. The molecule has 0 bridgehead atoms. The quantitative estimate of drug-likeness (QED) is 0.226. The number of aromatic nitrogens is 3. The molecule has 2 aromatic heterocycles. The first-order valence-corrected chi connectivity index (χ1v) is 14.6. The second-order valence-electron chi connectivity index (χ2n) is 11.4. The molecular weight excluding hydrogens is 563 g/mol. The fourth-order valence-corrected chi connectivity index (χ4v) is 5.79. The zero-order valence-corrected chi connectivity index (χ0v) is 24.4. The molecule has 1 spiro atoms. The first-order chi connectivity index (χ1) is 21.3. The van der Waals surface area contributed by atoms with Crippen molar-refractivity contribution in [1.82, 2.24) is 14.3 Å². The molecule has 1 aliphatic carbocycles. The van der Waals surface area contributed by atoms with Crippen LogP contribution in [0.25, 0.3) is 16.6 Å². The van der Waals surface area contributed by atoms with E-state index in [0.717, 1.165) is 31.7 Å². The molecule has 0 unspecified atom stereocenters. The molecule has 3 heterocycles. The second-order valence-corrected chi connectivity index (χ2v) is 11.4. The summed E-state index contributed by atoms with van der Waals surface area (Å²) in [6.45, 7) is 2.18. The highest BCUT2D eigenvalue weighted by molar-refractivity contribution is 6.05. The molecule has 5 aromatic rings. The third-order valence-corrected chi connectivity index (χ3v) is 8.45. The summed E-state index contributed by atoms with van der Waals surface area (Å²) in [6, 6.07) is 20.3. The number of nitrogens with zero attached hydrogens (tertiary/aromatic N) is 3. The van der Waals surface area contributed by atoms with Crippen molar-refractivity contribution >= 4 is 22.5 Å². The molecule has 1 N–H and O–H groups in total. The molecule has 1 saturated carbocycles. The number of rotatable bonds is 8. The van der Waals surface area contributed by atoms with E-state index >= 15 is 4.39 Å². The van der Waals surface area contributed by atoms with E-state index in [2.05, 4.69) is 10.3 Å². The fourth-order valence-electron chi connectivity index (χ4n) is 5.79. The van der Waals surface area contributed by atoms with Crippen LogP contribution in [0.1, 0.15) is 41.7 Å². The average Bonchev–Trinajstić information content (AvgIpc) is 3.59. The van der Waals surface area contributed by atoms with Gasteiger partial charge >= 0.3 is 0 Å². The number of anilines is 1. The van der Waals surface area contributed by atoms with Crippen LogP contribution in [0.15, 0.2) is 83.8 Å². The van der Waals surface area contributed by atoms with Crippen LogP contribution in [0.5, 0.6) is 17.2 Å². The van der Waals surface area contributed by atoms with Gasteiger partial charge in [-0.25, -0.2) is 9.07 Å². The number of carbonyl (C=O) groups excluding carboxylic acids is 1. The molecule has 1 saturated heterocycles. The highest BCUT2D eigenvalue weighted by atomic mass is 19.1. The first kappa shape index (κ1) is 27.8. The van der Waals surface area contributed by atoms with Crippen LogP contribution >= 0.6 is 0 Å². The van der Waals surface area contributed by atoms with E-state index in [1.807, 2.05) is 36.4 Å². The number of amides is 1. The van der Waals surface area contributed by atoms with E-state index in [-0.39, 0.29) is 28.7 Å². The molecule has 224 valence electrons. The summed E-state index contributed by atoms with van der Waals surface area (Å²) in [7, 11) is 1.71. The molecule has 1 atom stereocenters.